The molecule has 2 aromatic carbocycles. The molecule has 0 saturated heterocycles. The van der Waals surface area contributed by atoms with Crippen molar-refractivity contribution in [2.45, 2.75) is 13.0 Å². The molecule has 2 rings (SSSR count). The highest BCUT2D eigenvalue weighted by molar-refractivity contribution is 5.61. The van der Waals surface area contributed by atoms with Crippen LogP contribution in [0.3, 0.4) is 0 Å². The number of hydrogen-bond donors (Lipinski definition) is 0. The molecule has 0 aliphatic heterocycles. The summed E-state index contributed by atoms with van der Waals surface area (Å²) < 4.78 is 0. The third-order valence-corrected chi connectivity index (χ3v) is 2.42. The predicted octanol–water partition coefficient (Wildman–Crippen LogP) is 3.50. The fourth-order valence-corrected chi connectivity index (χ4v) is 1.54. The van der Waals surface area contributed by atoms with Crippen LogP contribution in [0.5, 0.6) is 0 Å². The Morgan fingerprint density at radius 2 is 1.31 bits per heavy atom. The summed E-state index contributed by atoms with van der Waals surface area (Å²) in [5, 5.41) is 0. The first-order valence-corrected chi connectivity index (χ1v) is 5.51. The average Bonchev–Trinajstić information content (AvgIpc) is 2.37. The Hall–Kier alpha value is -1.89. The molecule has 0 aliphatic rings. The molecule has 1 nitrogen and oxygen atoms in total. The van der Waals surface area contributed by atoms with E-state index in [9.17, 15) is 0 Å². The molecule has 0 bridgehead atoms. The normalized spacial score (nSPS) is 10.8. The molecule has 16 heavy (non-hydrogen) atoms. The van der Waals surface area contributed by atoms with Gasteiger partial charge < -0.3 is 0 Å². The van der Waals surface area contributed by atoms with Crippen molar-refractivity contribution in [2.24, 2.45) is 4.99 Å². The Morgan fingerprint density at radius 3 is 1.94 bits per heavy atom. The van der Waals surface area contributed by atoms with Gasteiger partial charge in [0.1, 0.15) is 0 Å². The molecule has 0 fully saturated rings. The van der Waals surface area contributed by atoms with Crippen molar-refractivity contribution < 1.29 is 0 Å². The minimum absolute atomic E-state index is 0.772. The Bertz CT molecular complexity index is 388. The number of benzene rings is 2. The van der Waals surface area contributed by atoms with Crippen molar-refractivity contribution in [3.05, 3.63) is 71.8 Å². The maximum absolute atomic E-state index is 4.41. The Labute approximate surface area is 96.5 Å². The fraction of sp³-hybridized carbons (Fsp3) is 0.133. The van der Waals surface area contributed by atoms with Crippen LogP contribution in [0.2, 0.25) is 0 Å². The van der Waals surface area contributed by atoms with E-state index in [1.165, 1.54) is 11.1 Å². The van der Waals surface area contributed by atoms with Crippen LogP contribution in [0, 0.1) is 0 Å². The van der Waals surface area contributed by atoms with E-state index in [0.29, 0.717) is 0 Å². The number of hydrogen-bond acceptors (Lipinski definition) is 1. The van der Waals surface area contributed by atoms with Crippen LogP contribution in [0.15, 0.2) is 65.7 Å². The van der Waals surface area contributed by atoms with Gasteiger partial charge in [-0.25, -0.2) is 0 Å². The van der Waals surface area contributed by atoms with E-state index in [0.717, 1.165) is 13.0 Å². The van der Waals surface area contributed by atoms with Gasteiger partial charge in [0, 0.05) is 12.6 Å². The Morgan fingerprint density at radius 1 is 0.750 bits per heavy atom. The standard InChI is InChI=1S/C15H15N/c1-3-7-14(8-4-1)11-12-16-13-15-9-5-2-6-10-15/h1-10,12H,11,13H2. The van der Waals surface area contributed by atoms with Crippen LogP contribution in [0.1, 0.15) is 11.1 Å². The lowest BCUT2D eigenvalue weighted by Crippen LogP contribution is -1.86. The van der Waals surface area contributed by atoms with Crippen LogP contribution in [0.4, 0.5) is 0 Å². The van der Waals surface area contributed by atoms with E-state index < -0.39 is 0 Å². The molecule has 0 aliphatic carbocycles. The van der Waals surface area contributed by atoms with Gasteiger partial charge in [0.15, 0.2) is 0 Å². The summed E-state index contributed by atoms with van der Waals surface area (Å²) in [5.74, 6) is 0. The van der Waals surface area contributed by atoms with E-state index in [1.807, 2.05) is 30.5 Å². The maximum Gasteiger partial charge on any atom is 0.0635 e. The van der Waals surface area contributed by atoms with Crippen LogP contribution in [0.25, 0.3) is 0 Å². The van der Waals surface area contributed by atoms with Gasteiger partial charge in [0.2, 0.25) is 0 Å². The van der Waals surface area contributed by atoms with Gasteiger partial charge in [0.05, 0.1) is 6.54 Å². The molecular formula is C15H15N. The highest BCUT2D eigenvalue weighted by atomic mass is 14.7. The first-order valence-electron chi connectivity index (χ1n) is 5.51. The molecule has 0 N–H and O–H groups in total. The molecule has 0 atom stereocenters. The molecule has 2 aromatic rings. The summed E-state index contributed by atoms with van der Waals surface area (Å²) in [5.41, 5.74) is 2.56. The van der Waals surface area contributed by atoms with Crippen molar-refractivity contribution in [3.63, 3.8) is 0 Å². The molecule has 0 aromatic heterocycles. The lowest BCUT2D eigenvalue weighted by molar-refractivity contribution is 1.07. The van der Waals surface area contributed by atoms with Crippen LogP contribution >= 0.6 is 0 Å². The zero-order valence-electron chi connectivity index (χ0n) is 9.21. The summed E-state index contributed by atoms with van der Waals surface area (Å²) in [4.78, 5) is 4.41. The number of aliphatic imine (C=N–C) groups is 1. The molecule has 0 spiro atoms. The molecule has 80 valence electrons. The molecular weight excluding hydrogens is 194 g/mol. The summed E-state index contributed by atoms with van der Waals surface area (Å²) in [7, 11) is 0. The second kappa shape index (κ2) is 5.86. The van der Waals surface area contributed by atoms with Gasteiger partial charge in [0.25, 0.3) is 0 Å². The first-order chi connectivity index (χ1) is 7.95. The highest BCUT2D eigenvalue weighted by Crippen LogP contribution is 2.01. The van der Waals surface area contributed by atoms with Crippen molar-refractivity contribution in [1.82, 2.24) is 0 Å². The largest absolute Gasteiger partial charge is 0.292 e. The third-order valence-electron chi connectivity index (χ3n) is 2.42. The van der Waals surface area contributed by atoms with Crippen LogP contribution < -0.4 is 0 Å². The average molecular weight is 209 g/mol. The lowest BCUT2D eigenvalue weighted by atomic mass is 10.2. The first kappa shape index (κ1) is 10.6. The van der Waals surface area contributed by atoms with E-state index >= 15 is 0 Å². The zero-order chi connectivity index (χ0) is 11.1. The molecule has 0 heterocycles. The molecule has 1 heteroatoms. The van der Waals surface area contributed by atoms with Crippen molar-refractivity contribution in [2.75, 3.05) is 0 Å². The van der Waals surface area contributed by atoms with Crippen LogP contribution in [-0.2, 0) is 13.0 Å². The minimum Gasteiger partial charge on any atom is -0.292 e. The second-order valence-corrected chi connectivity index (χ2v) is 3.70. The van der Waals surface area contributed by atoms with Crippen molar-refractivity contribution >= 4 is 6.21 Å². The smallest absolute Gasteiger partial charge is 0.0635 e. The lowest BCUT2D eigenvalue weighted by Gasteiger charge is -1.96. The van der Waals surface area contributed by atoms with Crippen LogP contribution in [-0.4, -0.2) is 6.21 Å². The van der Waals surface area contributed by atoms with Gasteiger partial charge in [-0.05, 0) is 11.1 Å². The van der Waals surface area contributed by atoms with Crippen molar-refractivity contribution in [3.8, 4) is 0 Å². The predicted molar refractivity (Wildman–Crippen MR) is 68.8 cm³/mol. The van der Waals surface area contributed by atoms with E-state index in [2.05, 4.69) is 41.4 Å². The van der Waals surface area contributed by atoms with E-state index in [1.54, 1.807) is 0 Å². The molecule has 0 saturated carbocycles. The monoisotopic (exact) mass is 209 g/mol. The van der Waals surface area contributed by atoms with Gasteiger partial charge in [-0.3, -0.25) is 4.99 Å². The Balaban J connectivity index is 1.83. The third kappa shape index (κ3) is 3.35. The summed E-state index contributed by atoms with van der Waals surface area (Å²) in [6.07, 6.45) is 2.90. The summed E-state index contributed by atoms with van der Waals surface area (Å²) in [6.45, 7) is 0.772. The summed E-state index contributed by atoms with van der Waals surface area (Å²) >= 11 is 0. The van der Waals surface area contributed by atoms with E-state index in [4.69, 9.17) is 0 Å². The van der Waals surface area contributed by atoms with Crippen molar-refractivity contribution in [1.29, 1.82) is 0 Å². The van der Waals surface area contributed by atoms with E-state index in [-0.39, 0.29) is 0 Å². The van der Waals surface area contributed by atoms with Gasteiger partial charge >= 0.3 is 0 Å². The Kier molecular flexibility index (Phi) is 3.89. The van der Waals surface area contributed by atoms with Gasteiger partial charge in [-0.2, -0.15) is 0 Å². The number of nitrogens with zero attached hydrogens (tertiary/aromatic N) is 1. The zero-order valence-corrected chi connectivity index (χ0v) is 9.21. The summed E-state index contributed by atoms with van der Waals surface area (Å²) in [6, 6.07) is 20.7. The fourth-order valence-electron chi connectivity index (χ4n) is 1.54. The maximum atomic E-state index is 4.41. The quantitative estimate of drug-likeness (QED) is 0.683. The molecule has 0 unspecified atom stereocenters. The number of rotatable bonds is 4. The molecule has 0 amide bonds. The molecule has 0 radical (unpaired) electrons. The SMILES string of the molecule is C(Cc1ccccc1)=NCc1ccccc1. The second-order valence-electron chi connectivity index (χ2n) is 3.70. The topological polar surface area (TPSA) is 12.4 Å². The van der Waals surface area contributed by atoms with Gasteiger partial charge in [-0.1, -0.05) is 60.7 Å². The minimum atomic E-state index is 0.772. The van der Waals surface area contributed by atoms with Gasteiger partial charge in [-0.15, -0.1) is 0 Å². The highest BCUT2D eigenvalue weighted by Gasteiger charge is 1.88.